The summed E-state index contributed by atoms with van der Waals surface area (Å²) in [4.78, 5) is 3.86. The van der Waals surface area contributed by atoms with E-state index in [9.17, 15) is 4.21 Å². The van der Waals surface area contributed by atoms with Gasteiger partial charge >= 0.3 is 0 Å². The van der Waals surface area contributed by atoms with E-state index in [0.717, 1.165) is 5.56 Å². The minimum absolute atomic E-state index is 0.000711. The number of hydrogen-bond acceptors (Lipinski definition) is 3. The molecule has 0 fully saturated rings. The summed E-state index contributed by atoms with van der Waals surface area (Å²) in [6.45, 7) is 2.29. The maximum atomic E-state index is 11.6. The van der Waals surface area contributed by atoms with Gasteiger partial charge in [-0.25, -0.2) is 0 Å². The van der Waals surface area contributed by atoms with Gasteiger partial charge in [0.05, 0.1) is 10.8 Å². The zero-order valence-corrected chi connectivity index (χ0v) is 9.52. The highest BCUT2D eigenvalue weighted by molar-refractivity contribution is 7.84. The lowest BCUT2D eigenvalue weighted by Crippen LogP contribution is -2.22. The Labute approximate surface area is 91.1 Å². The van der Waals surface area contributed by atoms with Crippen LogP contribution in [0.3, 0.4) is 0 Å². The van der Waals surface area contributed by atoms with Crippen LogP contribution in [-0.4, -0.2) is 21.0 Å². The molecule has 0 aliphatic heterocycles. The molecule has 2 atom stereocenters. The molecule has 1 aromatic rings. The van der Waals surface area contributed by atoms with Crippen LogP contribution in [0.5, 0.6) is 0 Å². The molecule has 0 aliphatic rings. The van der Waals surface area contributed by atoms with E-state index in [-0.39, 0.29) is 5.25 Å². The Kier molecular flexibility index (Phi) is 4.51. The molecule has 14 heavy (non-hydrogen) atoms. The fourth-order valence-electron chi connectivity index (χ4n) is 0.924. The Morgan fingerprint density at radius 1 is 1.71 bits per heavy atom. The predicted octanol–water partition coefficient (Wildman–Crippen LogP) is 1.33. The summed E-state index contributed by atoms with van der Waals surface area (Å²) in [5.41, 5.74) is 6.29. The molecule has 1 heterocycles. The summed E-state index contributed by atoms with van der Waals surface area (Å²) in [6.07, 6.45) is 3.20. The minimum Gasteiger partial charge on any atom is -0.329 e. The number of hydrogen-bond donors (Lipinski definition) is 1. The highest BCUT2D eigenvalue weighted by Crippen LogP contribution is 2.16. The quantitative estimate of drug-likeness (QED) is 0.852. The smallest absolute Gasteiger partial charge is 0.0630 e. The van der Waals surface area contributed by atoms with Crippen LogP contribution in [0.1, 0.15) is 12.5 Å². The van der Waals surface area contributed by atoms with Gasteiger partial charge in [-0.15, -0.1) is 0 Å². The first-order valence-corrected chi connectivity index (χ1v) is 6.06. The Morgan fingerprint density at radius 3 is 3.00 bits per heavy atom. The zero-order valence-electron chi connectivity index (χ0n) is 7.94. The maximum Gasteiger partial charge on any atom is 0.0630 e. The Bertz CT molecular complexity index is 332. The third kappa shape index (κ3) is 3.04. The largest absolute Gasteiger partial charge is 0.329 e. The van der Waals surface area contributed by atoms with Gasteiger partial charge in [-0.3, -0.25) is 9.19 Å². The Morgan fingerprint density at radius 2 is 2.43 bits per heavy atom. The SMILES string of the molecule is CC(CN)S(=O)Cc1ccncc1Cl. The van der Waals surface area contributed by atoms with E-state index in [1.807, 2.05) is 6.92 Å². The van der Waals surface area contributed by atoms with Gasteiger partial charge in [-0.2, -0.15) is 0 Å². The highest BCUT2D eigenvalue weighted by atomic mass is 35.5. The van der Waals surface area contributed by atoms with Crippen molar-refractivity contribution in [3.05, 3.63) is 29.0 Å². The molecule has 78 valence electrons. The number of rotatable bonds is 4. The molecule has 1 aromatic heterocycles. The van der Waals surface area contributed by atoms with Crippen LogP contribution in [0.25, 0.3) is 0 Å². The minimum atomic E-state index is -0.963. The van der Waals surface area contributed by atoms with Gasteiger partial charge in [0.1, 0.15) is 0 Å². The van der Waals surface area contributed by atoms with Crippen LogP contribution >= 0.6 is 11.6 Å². The molecule has 0 aliphatic carbocycles. The molecule has 3 nitrogen and oxygen atoms in total. The van der Waals surface area contributed by atoms with Crippen LogP contribution in [0.2, 0.25) is 5.02 Å². The summed E-state index contributed by atoms with van der Waals surface area (Å²) in [6, 6.07) is 1.78. The first kappa shape index (κ1) is 11.6. The normalized spacial score (nSPS) is 15.1. The molecule has 2 N–H and O–H groups in total. The molecule has 0 amide bonds. The number of pyridine rings is 1. The molecule has 0 saturated carbocycles. The fourth-order valence-corrected chi connectivity index (χ4v) is 2.25. The van der Waals surface area contributed by atoms with E-state index in [4.69, 9.17) is 17.3 Å². The average Bonchev–Trinajstić information content (AvgIpc) is 2.20. The molecule has 0 saturated heterocycles. The van der Waals surface area contributed by atoms with Crippen LogP contribution in [-0.2, 0) is 16.6 Å². The van der Waals surface area contributed by atoms with Crippen molar-refractivity contribution in [1.82, 2.24) is 4.98 Å². The van der Waals surface area contributed by atoms with E-state index >= 15 is 0 Å². The molecule has 0 bridgehead atoms. The second-order valence-corrected chi connectivity index (χ2v) is 5.30. The van der Waals surface area contributed by atoms with E-state index in [2.05, 4.69) is 4.98 Å². The van der Waals surface area contributed by atoms with Crippen molar-refractivity contribution in [2.45, 2.75) is 17.9 Å². The molecule has 0 spiro atoms. The van der Waals surface area contributed by atoms with Gasteiger partial charge in [0.15, 0.2) is 0 Å². The average molecular weight is 233 g/mol. The summed E-state index contributed by atoms with van der Waals surface area (Å²) in [7, 11) is -0.963. The van der Waals surface area contributed by atoms with Crippen LogP contribution in [0, 0.1) is 0 Å². The number of aromatic nitrogens is 1. The third-order valence-corrected chi connectivity index (χ3v) is 3.96. The number of nitrogens with zero attached hydrogens (tertiary/aromatic N) is 1. The van der Waals surface area contributed by atoms with Gasteiger partial charge in [0.25, 0.3) is 0 Å². The maximum absolute atomic E-state index is 11.6. The molecule has 0 radical (unpaired) electrons. The van der Waals surface area contributed by atoms with Gasteiger partial charge in [0, 0.05) is 35.0 Å². The highest BCUT2D eigenvalue weighted by Gasteiger charge is 2.11. The molecule has 2 unspecified atom stereocenters. The standard InChI is InChI=1S/C9H13ClN2OS/c1-7(4-11)14(13)6-8-2-3-12-5-9(8)10/h2-3,5,7H,4,6,11H2,1H3. The second kappa shape index (κ2) is 5.44. The van der Waals surface area contributed by atoms with Crippen LogP contribution in [0.4, 0.5) is 0 Å². The Hall–Kier alpha value is -0.450. The van der Waals surface area contributed by atoms with Crippen molar-refractivity contribution in [3.63, 3.8) is 0 Å². The van der Waals surface area contributed by atoms with Gasteiger partial charge < -0.3 is 5.73 Å². The van der Waals surface area contributed by atoms with Gasteiger partial charge in [-0.1, -0.05) is 11.6 Å². The van der Waals surface area contributed by atoms with Crippen molar-refractivity contribution < 1.29 is 4.21 Å². The molecule has 0 aromatic carbocycles. The van der Waals surface area contributed by atoms with Gasteiger partial charge in [-0.05, 0) is 18.6 Å². The number of halogens is 1. The summed E-state index contributed by atoms with van der Waals surface area (Å²) < 4.78 is 11.6. The van der Waals surface area contributed by atoms with Crippen LogP contribution < -0.4 is 5.73 Å². The predicted molar refractivity (Wildman–Crippen MR) is 59.6 cm³/mol. The number of nitrogens with two attached hydrogens (primary N) is 1. The Balaban J connectivity index is 2.70. The molecular formula is C9H13ClN2OS. The van der Waals surface area contributed by atoms with Crippen molar-refractivity contribution in [3.8, 4) is 0 Å². The van der Waals surface area contributed by atoms with E-state index in [1.165, 1.54) is 0 Å². The lowest BCUT2D eigenvalue weighted by atomic mass is 10.3. The first-order valence-electron chi connectivity index (χ1n) is 4.30. The first-order chi connectivity index (χ1) is 6.65. The molecule has 5 heteroatoms. The molecule has 1 rings (SSSR count). The summed E-state index contributed by atoms with van der Waals surface area (Å²) in [5, 5.41) is 0.560. The second-order valence-electron chi connectivity index (χ2n) is 3.04. The lowest BCUT2D eigenvalue weighted by Gasteiger charge is -2.09. The molecular weight excluding hydrogens is 220 g/mol. The van der Waals surface area contributed by atoms with Gasteiger partial charge in [0.2, 0.25) is 0 Å². The summed E-state index contributed by atoms with van der Waals surface area (Å²) in [5.74, 6) is 0.444. The van der Waals surface area contributed by atoms with Crippen molar-refractivity contribution in [1.29, 1.82) is 0 Å². The lowest BCUT2D eigenvalue weighted by molar-refractivity contribution is 0.672. The van der Waals surface area contributed by atoms with E-state index < -0.39 is 10.8 Å². The zero-order chi connectivity index (χ0) is 10.6. The third-order valence-electron chi connectivity index (χ3n) is 1.93. The van der Waals surface area contributed by atoms with Crippen LogP contribution in [0.15, 0.2) is 18.5 Å². The van der Waals surface area contributed by atoms with E-state index in [0.29, 0.717) is 17.3 Å². The van der Waals surface area contributed by atoms with Crippen molar-refractivity contribution in [2.75, 3.05) is 6.54 Å². The fraction of sp³-hybridized carbons (Fsp3) is 0.444. The van der Waals surface area contributed by atoms with Crippen molar-refractivity contribution in [2.24, 2.45) is 5.73 Å². The van der Waals surface area contributed by atoms with Crippen molar-refractivity contribution >= 4 is 22.4 Å². The van der Waals surface area contributed by atoms with E-state index in [1.54, 1.807) is 18.5 Å². The summed E-state index contributed by atoms with van der Waals surface area (Å²) >= 11 is 5.89. The topological polar surface area (TPSA) is 56.0 Å². The monoisotopic (exact) mass is 232 g/mol.